The lowest BCUT2D eigenvalue weighted by Crippen LogP contribution is -2.13. The van der Waals surface area contributed by atoms with E-state index < -0.39 is 4.92 Å². The summed E-state index contributed by atoms with van der Waals surface area (Å²) in [4.78, 5) is 16.2. The molecule has 0 bridgehead atoms. The van der Waals surface area contributed by atoms with Crippen LogP contribution in [0.15, 0.2) is 88.3 Å². The zero-order chi connectivity index (χ0) is 24.9. The molecule has 7 nitrogen and oxygen atoms in total. The fourth-order valence-electron chi connectivity index (χ4n) is 3.46. The number of hydrogen-bond donors (Lipinski definition) is 0. The molecule has 1 heterocycles. The third-order valence-electron chi connectivity index (χ3n) is 5.53. The van der Waals surface area contributed by atoms with Crippen molar-refractivity contribution in [2.45, 2.75) is 26.7 Å². The predicted octanol–water partition coefficient (Wildman–Crippen LogP) is 6.62. The Morgan fingerprint density at radius 2 is 1.69 bits per heavy atom. The van der Waals surface area contributed by atoms with Gasteiger partial charge in [0.05, 0.1) is 33.6 Å². The minimum atomic E-state index is -0.416. The number of nitriles is 1. The average Bonchev–Trinajstić information content (AvgIpc) is 3.26. The van der Waals surface area contributed by atoms with Gasteiger partial charge in [-0.2, -0.15) is 10.4 Å². The Morgan fingerprint density at radius 3 is 2.26 bits per heavy atom. The van der Waals surface area contributed by atoms with E-state index in [0.717, 1.165) is 28.2 Å². The molecule has 0 saturated heterocycles. The zero-order valence-corrected chi connectivity index (χ0v) is 20.4. The zero-order valence-electron chi connectivity index (χ0n) is 19.5. The van der Waals surface area contributed by atoms with Crippen LogP contribution in [-0.4, -0.2) is 15.3 Å². The van der Waals surface area contributed by atoms with Gasteiger partial charge >= 0.3 is 0 Å². The average molecular weight is 482 g/mol. The fraction of sp³-hybridized carbons (Fsp3) is 0.148. The van der Waals surface area contributed by atoms with E-state index in [1.54, 1.807) is 28.9 Å². The van der Waals surface area contributed by atoms with Crippen molar-refractivity contribution in [1.82, 2.24) is 4.68 Å². The molecule has 0 amide bonds. The number of rotatable bonds is 6. The van der Waals surface area contributed by atoms with Crippen molar-refractivity contribution in [3.05, 3.63) is 110 Å². The van der Waals surface area contributed by atoms with Crippen LogP contribution in [-0.2, 0) is 0 Å². The molecule has 1 aromatic heterocycles. The minimum absolute atomic E-state index is 0.0305. The van der Waals surface area contributed by atoms with Crippen molar-refractivity contribution in [2.75, 3.05) is 0 Å². The third kappa shape index (κ3) is 5.42. The van der Waals surface area contributed by atoms with Crippen LogP contribution in [0.2, 0.25) is 0 Å². The number of thiazole rings is 1. The highest BCUT2D eigenvalue weighted by atomic mass is 32.1. The molecule has 0 aliphatic rings. The van der Waals surface area contributed by atoms with Gasteiger partial charge in [0.15, 0.2) is 0 Å². The first-order valence-corrected chi connectivity index (χ1v) is 11.9. The van der Waals surface area contributed by atoms with Gasteiger partial charge in [0.1, 0.15) is 0 Å². The Hall–Kier alpha value is -4.35. The Morgan fingerprint density at radius 1 is 1.03 bits per heavy atom. The molecule has 174 valence electrons. The first-order valence-electron chi connectivity index (χ1n) is 11.0. The number of hydrogen-bond acceptors (Lipinski definition) is 6. The maximum atomic E-state index is 11.1. The van der Waals surface area contributed by atoms with Gasteiger partial charge in [-0.1, -0.05) is 38.1 Å². The molecular weight excluding hydrogens is 458 g/mol. The number of aromatic nitrogens is 1. The number of nitro benzene ring substituents is 1. The van der Waals surface area contributed by atoms with Crippen LogP contribution >= 0.6 is 11.3 Å². The summed E-state index contributed by atoms with van der Waals surface area (Å²) in [6.45, 7) is 6.19. The van der Waals surface area contributed by atoms with E-state index in [9.17, 15) is 10.1 Å². The van der Waals surface area contributed by atoms with Crippen LogP contribution in [0.1, 0.15) is 43.4 Å². The number of nitrogens with zero attached hydrogens (tertiary/aromatic N) is 5. The fourth-order valence-corrected chi connectivity index (χ4v) is 4.31. The third-order valence-corrected chi connectivity index (χ3v) is 6.34. The van der Waals surface area contributed by atoms with E-state index in [0.29, 0.717) is 16.3 Å². The smallest absolute Gasteiger partial charge is 0.258 e. The molecule has 0 fully saturated rings. The van der Waals surface area contributed by atoms with Crippen LogP contribution in [0.4, 0.5) is 11.4 Å². The highest BCUT2D eigenvalue weighted by Crippen LogP contribution is 2.24. The lowest BCUT2D eigenvalue weighted by Gasteiger charge is -2.07. The lowest BCUT2D eigenvalue weighted by atomic mass is 10.0. The van der Waals surface area contributed by atoms with Gasteiger partial charge in [0.25, 0.3) is 5.69 Å². The highest BCUT2D eigenvalue weighted by Gasteiger charge is 2.12. The molecule has 0 radical (unpaired) electrons. The van der Waals surface area contributed by atoms with Gasteiger partial charge in [0, 0.05) is 23.1 Å². The summed E-state index contributed by atoms with van der Waals surface area (Å²) >= 11 is 1.44. The summed E-state index contributed by atoms with van der Waals surface area (Å²) < 4.78 is 1.76. The van der Waals surface area contributed by atoms with Gasteiger partial charge in [-0.15, -0.1) is 11.3 Å². The van der Waals surface area contributed by atoms with Gasteiger partial charge in [-0.25, -0.2) is 9.67 Å². The van der Waals surface area contributed by atoms with Crippen molar-refractivity contribution < 1.29 is 4.92 Å². The summed E-state index contributed by atoms with van der Waals surface area (Å²) in [5, 5.41) is 27.0. The molecule has 8 heteroatoms. The molecule has 0 spiro atoms. The first kappa shape index (κ1) is 23.8. The Bertz CT molecular complexity index is 1490. The Labute approximate surface area is 207 Å². The Balaban J connectivity index is 1.83. The summed E-state index contributed by atoms with van der Waals surface area (Å²) in [5.41, 5.74) is 5.85. The van der Waals surface area contributed by atoms with E-state index in [1.807, 2.05) is 36.6 Å². The normalized spacial score (nSPS) is 12.1. The molecule has 4 aromatic rings. The molecule has 0 saturated carbocycles. The van der Waals surface area contributed by atoms with Crippen molar-refractivity contribution in [3.63, 3.8) is 0 Å². The molecule has 3 aromatic carbocycles. The standard InChI is InChI=1S/C27H23N5O2S/c1-18(2)21-8-12-24(13-9-21)29-27-31(30-19(3)22-6-4-20(16-28)5-7-22)26(17-35-27)23-10-14-25(15-11-23)32(33)34/h4-15,17-18H,1-3H3. The van der Waals surface area contributed by atoms with Crippen molar-refractivity contribution in [3.8, 4) is 17.3 Å². The molecule has 0 aliphatic heterocycles. The van der Waals surface area contributed by atoms with Crippen LogP contribution in [0.3, 0.4) is 0 Å². The molecule has 0 N–H and O–H groups in total. The van der Waals surface area contributed by atoms with Crippen molar-refractivity contribution in [1.29, 1.82) is 5.26 Å². The van der Waals surface area contributed by atoms with Crippen LogP contribution < -0.4 is 4.80 Å². The molecule has 0 aliphatic carbocycles. The molecule has 0 atom stereocenters. The summed E-state index contributed by atoms with van der Waals surface area (Å²) in [5.74, 6) is 0.434. The SMILES string of the molecule is CC(=Nn1c(-c2ccc([N+](=O)[O-])cc2)csc1=Nc1ccc(C(C)C)cc1)c1ccc(C#N)cc1. The summed E-state index contributed by atoms with van der Waals surface area (Å²) in [7, 11) is 0. The van der Waals surface area contributed by atoms with Gasteiger partial charge < -0.3 is 0 Å². The van der Waals surface area contributed by atoms with Gasteiger partial charge in [-0.05, 0) is 60.4 Å². The van der Waals surface area contributed by atoms with Crippen molar-refractivity contribution in [2.24, 2.45) is 10.1 Å². The lowest BCUT2D eigenvalue weighted by molar-refractivity contribution is -0.384. The largest absolute Gasteiger partial charge is 0.269 e. The summed E-state index contributed by atoms with van der Waals surface area (Å²) in [6, 6.07) is 23.9. The Kier molecular flexibility index (Phi) is 6.99. The quantitative estimate of drug-likeness (QED) is 0.176. The first-order chi connectivity index (χ1) is 16.9. The number of nitro groups is 1. The van der Waals surface area contributed by atoms with Crippen LogP contribution in [0, 0.1) is 21.4 Å². The highest BCUT2D eigenvalue weighted by molar-refractivity contribution is 7.07. The maximum absolute atomic E-state index is 11.1. The van der Waals surface area contributed by atoms with E-state index in [-0.39, 0.29) is 5.69 Å². The number of non-ortho nitro benzene ring substituents is 1. The second-order valence-electron chi connectivity index (χ2n) is 8.25. The van der Waals surface area contributed by atoms with Gasteiger partial charge in [-0.3, -0.25) is 10.1 Å². The topological polar surface area (TPSA) is 96.6 Å². The molecule has 35 heavy (non-hydrogen) atoms. The van der Waals surface area contributed by atoms with Crippen LogP contribution in [0.5, 0.6) is 0 Å². The second kappa shape index (κ2) is 10.3. The molecule has 4 rings (SSSR count). The van der Waals surface area contributed by atoms with E-state index in [4.69, 9.17) is 15.4 Å². The predicted molar refractivity (Wildman–Crippen MR) is 139 cm³/mol. The second-order valence-corrected chi connectivity index (χ2v) is 9.09. The number of benzene rings is 3. The summed E-state index contributed by atoms with van der Waals surface area (Å²) in [6.07, 6.45) is 0. The van der Waals surface area contributed by atoms with E-state index in [2.05, 4.69) is 32.0 Å². The molecule has 0 unspecified atom stereocenters. The van der Waals surface area contributed by atoms with E-state index >= 15 is 0 Å². The monoisotopic (exact) mass is 481 g/mol. The maximum Gasteiger partial charge on any atom is 0.269 e. The van der Waals surface area contributed by atoms with Gasteiger partial charge in [0.2, 0.25) is 4.80 Å². The minimum Gasteiger partial charge on any atom is -0.258 e. The van der Waals surface area contributed by atoms with Crippen molar-refractivity contribution >= 4 is 28.4 Å². The van der Waals surface area contributed by atoms with Crippen LogP contribution in [0.25, 0.3) is 11.3 Å². The van der Waals surface area contributed by atoms with E-state index in [1.165, 1.54) is 29.0 Å². The molecular formula is C27H23N5O2S.